The quantitative estimate of drug-likeness (QED) is 0.794. The van der Waals surface area contributed by atoms with E-state index in [9.17, 15) is 4.79 Å². The van der Waals surface area contributed by atoms with Gasteiger partial charge in [-0.1, -0.05) is 0 Å². The van der Waals surface area contributed by atoms with Crippen LogP contribution >= 0.6 is 11.3 Å². The van der Waals surface area contributed by atoms with Crippen LogP contribution in [-0.4, -0.2) is 16.4 Å². The normalized spacial score (nSPS) is 11.7. The van der Waals surface area contributed by atoms with Crippen LogP contribution < -0.4 is 11.1 Å². The number of aromatic nitrogens is 1. The van der Waals surface area contributed by atoms with Gasteiger partial charge >= 0.3 is 0 Å². The number of amides is 1. The van der Waals surface area contributed by atoms with Crippen molar-refractivity contribution < 1.29 is 4.79 Å². The van der Waals surface area contributed by atoms with Crippen molar-refractivity contribution in [2.45, 2.75) is 39.3 Å². The molecule has 0 saturated carbocycles. The molecule has 1 amide bonds. The number of aryl methyl sites for hydroxylation is 1. The zero-order valence-electron chi connectivity index (χ0n) is 9.33. The summed E-state index contributed by atoms with van der Waals surface area (Å²) in [6, 6.07) is 0. The van der Waals surface area contributed by atoms with Crippen molar-refractivity contribution in [2.24, 2.45) is 5.73 Å². The van der Waals surface area contributed by atoms with Gasteiger partial charge in [0.1, 0.15) is 0 Å². The SMILES string of the molecule is Cc1ncc(CNC(C)(C)CC(N)=O)s1. The fourth-order valence-corrected chi connectivity index (χ4v) is 2.05. The van der Waals surface area contributed by atoms with E-state index < -0.39 is 0 Å². The molecule has 0 bridgehead atoms. The first kappa shape index (κ1) is 12.1. The Hall–Kier alpha value is -0.940. The second-order valence-electron chi connectivity index (χ2n) is 4.23. The van der Waals surface area contributed by atoms with Crippen molar-refractivity contribution in [1.82, 2.24) is 10.3 Å². The molecule has 0 aliphatic heterocycles. The van der Waals surface area contributed by atoms with Crippen LogP contribution in [0.5, 0.6) is 0 Å². The lowest BCUT2D eigenvalue weighted by atomic mass is 10.0. The van der Waals surface area contributed by atoms with Gasteiger partial charge in [-0.3, -0.25) is 4.79 Å². The Labute approximate surface area is 93.9 Å². The average molecular weight is 227 g/mol. The Bertz CT molecular complexity index is 346. The average Bonchev–Trinajstić information content (AvgIpc) is 2.46. The molecule has 0 radical (unpaired) electrons. The maximum absolute atomic E-state index is 10.8. The van der Waals surface area contributed by atoms with Crippen LogP contribution in [0.25, 0.3) is 0 Å². The van der Waals surface area contributed by atoms with Gasteiger partial charge in [0, 0.05) is 29.6 Å². The summed E-state index contributed by atoms with van der Waals surface area (Å²) in [5, 5.41) is 4.34. The lowest BCUT2D eigenvalue weighted by Gasteiger charge is -2.24. The minimum absolute atomic E-state index is 0.260. The summed E-state index contributed by atoms with van der Waals surface area (Å²) in [6.07, 6.45) is 2.19. The van der Waals surface area contributed by atoms with Crippen LogP contribution in [0.1, 0.15) is 30.2 Å². The lowest BCUT2D eigenvalue weighted by molar-refractivity contribution is -0.119. The number of rotatable bonds is 5. The minimum atomic E-state index is -0.284. The van der Waals surface area contributed by atoms with Gasteiger partial charge in [-0.05, 0) is 20.8 Å². The van der Waals surface area contributed by atoms with Crippen molar-refractivity contribution in [3.8, 4) is 0 Å². The van der Waals surface area contributed by atoms with E-state index in [1.54, 1.807) is 11.3 Å². The van der Waals surface area contributed by atoms with Gasteiger partial charge in [0.05, 0.1) is 5.01 Å². The predicted octanol–water partition coefficient (Wildman–Crippen LogP) is 1.20. The molecule has 0 aromatic carbocycles. The van der Waals surface area contributed by atoms with Crippen LogP contribution in [0.2, 0.25) is 0 Å². The molecule has 0 unspecified atom stereocenters. The highest BCUT2D eigenvalue weighted by Crippen LogP contribution is 2.14. The van der Waals surface area contributed by atoms with Crippen LogP contribution in [0.4, 0.5) is 0 Å². The first-order valence-electron chi connectivity index (χ1n) is 4.84. The summed E-state index contributed by atoms with van der Waals surface area (Å²) < 4.78 is 0. The summed E-state index contributed by atoms with van der Waals surface area (Å²) >= 11 is 1.66. The van der Waals surface area contributed by atoms with Crippen LogP contribution in [-0.2, 0) is 11.3 Å². The van der Waals surface area contributed by atoms with Gasteiger partial charge in [0.15, 0.2) is 0 Å². The number of carbonyl (C=O) groups is 1. The zero-order chi connectivity index (χ0) is 11.5. The fourth-order valence-electron chi connectivity index (χ4n) is 1.31. The summed E-state index contributed by atoms with van der Waals surface area (Å²) in [6.45, 7) is 6.63. The molecular formula is C10H17N3OS. The third-order valence-electron chi connectivity index (χ3n) is 2.03. The molecule has 1 aromatic rings. The zero-order valence-corrected chi connectivity index (χ0v) is 10.1. The third kappa shape index (κ3) is 4.40. The number of nitrogens with two attached hydrogens (primary N) is 1. The third-order valence-corrected chi connectivity index (χ3v) is 2.94. The molecule has 0 aliphatic rings. The molecule has 0 spiro atoms. The van der Waals surface area contributed by atoms with Gasteiger partial charge in [-0.2, -0.15) is 0 Å². The fraction of sp³-hybridized carbons (Fsp3) is 0.600. The van der Waals surface area contributed by atoms with E-state index >= 15 is 0 Å². The van der Waals surface area contributed by atoms with Crippen molar-refractivity contribution >= 4 is 17.2 Å². The van der Waals surface area contributed by atoms with Crippen LogP contribution in [0, 0.1) is 6.92 Å². The topological polar surface area (TPSA) is 68.0 Å². The Morgan fingerprint density at radius 1 is 1.67 bits per heavy atom. The molecule has 0 aliphatic carbocycles. The Kier molecular flexibility index (Phi) is 3.82. The van der Waals surface area contributed by atoms with Gasteiger partial charge < -0.3 is 11.1 Å². The molecule has 1 heterocycles. The second kappa shape index (κ2) is 4.72. The van der Waals surface area contributed by atoms with Gasteiger partial charge in [-0.25, -0.2) is 4.98 Å². The molecule has 84 valence electrons. The Balaban J connectivity index is 2.45. The molecule has 3 N–H and O–H groups in total. The molecule has 4 nitrogen and oxygen atoms in total. The molecule has 0 saturated heterocycles. The first-order valence-corrected chi connectivity index (χ1v) is 5.65. The number of primary amides is 1. The predicted molar refractivity (Wildman–Crippen MR) is 61.6 cm³/mol. The summed E-state index contributed by atoms with van der Waals surface area (Å²) in [4.78, 5) is 16.1. The van der Waals surface area contributed by atoms with E-state index in [4.69, 9.17) is 5.73 Å². The van der Waals surface area contributed by atoms with E-state index in [1.165, 1.54) is 4.88 Å². The lowest BCUT2D eigenvalue weighted by Crippen LogP contribution is -2.42. The number of nitrogens with zero attached hydrogens (tertiary/aromatic N) is 1. The molecule has 15 heavy (non-hydrogen) atoms. The van der Waals surface area contributed by atoms with Gasteiger partial charge in [0.2, 0.25) is 5.91 Å². The van der Waals surface area contributed by atoms with E-state index in [0.717, 1.165) is 11.6 Å². The van der Waals surface area contributed by atoms with Crippen molar-refractivity contribution in [3.63, 3.8) is 0 Å². The maximum Gasteiger partial charge on any atom is 0.219 e. The Morgan fingerprint density at radius 3 is 2.80 bits per heavy atom. The number of hydrogen-bond donors (Lipinski definition) is 2. The highest BCUT2D eigenvalue weighted by molar-refractivity contribution is 7.11. The number of nitrogens with one attached hydrogen (secondary N) is 1. The minimum Gasteiger partial charge on any atom is -0.370 e. The van der Waals surface area contributed by atoms with E-state index in [-0.39, 0.29) is 11.4 Å². The van der Waals surface area contributed by atoms with E-state index in [0.29, 0.717) is 6.42 Å². The highest BCUT2D eigenvalue weighted by atomic mass is 32.1. The monoisotopic (exact) mass is 227 g/mol. The summed E-state index contributed by atoms with van der Waals surface area (Å²) in [5.74, 6) is -0.284. The summed E-state index contributed by atoms with van der Waals surface area (Å²) in [5.41, 5.74) is 4.90. The standard InChI is InChI=1S/C10H17N3OS/c1-7-12-5-8(15-7)6-13-10(2,3)4-9(11)14/h5,13H,4,6H2,1-3H3,(H2,11,14). The molecular weight excluding hydrogens is 210 g/mol. The van der Waals surface area contributed by atoms with Crippen LogP contribution in [0.15, 0.2) is 6.20 Å². The number of thiazole rings is 1. The Morgan fingerprint density at radius 2 is 2.33 bits per heavy atom. The second-order valence-corrected chi connectivity index (χ2v) is 5.55. The smallest absolute Gasteiger partial charge is 0.219 e. The first-order chi connectivity index (χ1) is 6.89. The van der Waals surface area contributed by atoms with Crippen molar-refractivity contribution in [1.29, 1.82) is 0 Å². The molecule has 0 fully saturated rings. The van der Waals surface area contributed by atoms with E-state index in [2.05, 4.69) is 10.3 Å². The summed E-state index contributed by atoms with van der Waals surface area (Å²) in [7, 11) is 0. The molecule has 0 atom stereocenters. The van der Waals surface area contributed by atoms with Gasteiger partial charge in [0.25, 0.3) is 0 Å². The van der Waals surface area contributed by atoms with Crippen LogP contribution in [0.3, 0.4) is 0 Å². The molecule has 1 aromatic heterocycles. The number of carbonyl (C=O) groups excluding carboxylic acids is 1. The molecule has 5 heteroatoms. The largest absolute Gasteiger partial charge is 0.370 e. The van der Waals surface area contributed by atoms with E-state index in [1.807, 2.05) is 27.0 Å². The number of hydrogen-bond acceptors (Lipinski definition) is 4. The molecule has 1 rings (SSSR count). The maximum atomic E-state index is 10.8. The van der Waals surface area contributed by atoms with Crippen molar-refractivity contribution in [2.75, 3.05) is 0 Å². The van der Waals surface area contributed by atoms with Gasteiger partial charge in [-0.15, -0.1) is 11.3 Å². The highest BCUT2D eigenvalue weighted by Gasteiger charge is 2.19. The van der Waals surface area contributed by atoms with Crippen molar-refractivity contribution in [3.05, 3.63) is 16.1 Å².